The molecule has 0 fully saturated rings. The molecule has 5 heteroatoms. The van der Waals surface area contributed by atoms with Crippen LogP contribution < -0.4 is 15.6 Å². The van der Waals surface area contributed by atoms with Gasteiger partial charge in [0.25, 0.3) is 0 Å². The van der Waals surface area contributed by atoms with E-state index in [1.165, 1.54) is 15.6 Å². The quantitative estimate of drug-likeness (QED) is 0.494. The van der Waals surface area contributed by atoms with Crippen molar-refractivity contribution in [3.05, 3.63) is 91.0 Å². The van der Waals surface area contributed by atoms with Gasteiger partial charge in [-0.15, -0.1) is 0 Å². The highest BCUT2D eigenvalue weighted by atomic mass is 28.5. The van der Waals surface area contributed by atoms with E-state index < -0.39 is 33.3 Å². The Hall–Kier alpha value is -1.51. The van der Waals surface area contributed by atoms with Crippen LogP contribution in [-0.2, 0) is 0 Å². The Morgan fingerprint density at radius 3 is 0.935 bits per heavy atom. The van der Waals surface area contributed by atoms with Gasteiger partial charge in [0.2, 0.25) is 0 Å². The third-order valence-electron chi connectivity index (χ3n) is 8.07. The Kier molecular flexibility index (Phi) is 6.84. The smallest absolute Gasteiger partial charge is 0.168 e. The van der Waals surface area contributed by atoms with Crippen molar-refractivity contribution in [3.63, 3.8) is 0 Å². The van der Waals surface area contributed by atoms with Crippen LogP contribution in [-0.4, -0.2) is 38.1 Å². The fourth-order valence-electron chi connectivity index (χ4n) is 7.16. The molecule has 3 rings (SSSR count). The van der Waals surface area contributed by atoms with Crippen molar-refractivity contribution in [1.82, 2.24) is 0 Å². The normalized spacial score (nSPS) is 14.3. The second-order valence-corrected chi connectivity index (χ2v) is 29.8. The van der Waals surface area contributed by atoms with E-state index in [0.29, 0.717) is 0 Å². The molecule has 0 saturated carbocycles. The van der Waals surface area contributed by atoms with Crippen LogP contribution in [0.25, 0.3) is 0 Å². The lowest BCUT2D eigenvalue weighted by Crippen LogP contribution is -2.82. The fourth-order valence-corrected chi connectivity index (χ4v) is 47.0. The van der Waals surface area contributed by atoms with Gasteiger partial charge in [-0.05, 0) is 10.5 Å². The monoisotopic (exact) mass is 478 g/mol. The van der Waals surface area contributed by atoms with E-state index in [4.69, 9.17) is 0 Å². The first-order valence-corrected chi connectivity index (χ1v) is 22.6. The lowest BCUT2D eigenvalue weighted by molar-refractivity contribution is 0.573. The Bertz CT molecular complexity index is 858. The van der Waals surface area contributed by atoms with E-state index in [1.54, 1.807) is 0 Å². The largest absolute Gasteiger partial charge is 0.435 e. The van der Waals surface area contributed by atoms with Crippen molar-refractivity contribution in [2.24, 2.45) is 0 Å². The molecule has 3 aromatic rings. The summed E-state index contributed by atoms with van der Waals surface area (Å²) in [5, 5.41) is 4.45. The number of hydrogen-bond donors (Lipinski definition) is 1. The van der Waals surface area contributed by atoms with Gasteiger partial charge in [0.15, 0.2) is 9.04 Å². The highest BCUT2D eigenvalue weighted by Crippen LogP contribution is 2.54. The summed E-state index contributed by atoms with van der Waals surface area (Å²) in [4.78, 5) is 12.1. The summed E-state index contributed by atoms with van der Waals surface area (Å²) in [6.45, 7) is 17.5. The SMILES string of the molecule is C[SiH](O)C([Si](C)(C)c1ccccc1)([Si](C)(C)c1ccccc1)[Si](C)(C)c1ccccc1. The molecule has 0 aliphatic rings. The van der Waals surface area contributed by atoms with E-state index in [1.807, 2.05) is 0 Å². The molecule has 1 unspecified atom stereocenters. The second kappa shape index (κ2) is 8.79. The number of hydrogen-bond acceptors (Lipinski definition) is 1. The van der Waals surface area contributed by atoms with Crippen LogP contribution in [0.5, 0.6) is 0 Å². The first-order valence-electron chi connectivity index (χ1n) is 11.4. The second-order valence-electron chi connectivity index (χ2n) is 10.5. The molecular weight excluding hydrogens is 441 g/mol. The molecule has 164 valence electrons. The Labute approximate surface area is 194 Å². The minimum Gasteiger partial charge on any atom is -0.435 e. The topological polar surface area (TPSA) is 20.2 Å². The van der Waals surface area contributed by atoms with E-state index in [2.05, 4.69) is 137 Å². The summed E-state index contributed by atoms with van der Waals surface area (Å²) >= 11 is 0. The Morgan fingerprint density at radius 1 is 0.516 bits per heavy atom. The average Bonchev–Trinajstić information content (AvgIpc) is 2.75. The highest BCUT2D eigenvalue weighted by molar-refractivity contribution is 7.33. The summed E-state index contributed by atoms with van der Waals surface area (Å²) < 4.78 is 0.0110. The van der Waals surface area contributed by atoms with Gasteiger partial charge in [-0.3, -0.25) is 0 Å². The highest BCUT2D eigenvalue weighted by Gasteiger charge is 2.69. The van der Waals surface area contributed by atoms with Gasteiger partial charge >= 0.3 is 0 Å². The van der Waals surface area contributed by atoms with Crippen LogP contribution in [0.2, 0.25) is 49.7 Å². The van der Waals surface area contributed by atoms with E-state index >= 15 is 0 Å². The van der Waals surface area contributed by atoms with Crippen molar-refractivity contribution >= 4 is 48.8 Å². The van der Waals surface area contributed by atoms with Gasteiger partial charge in [-0.2, -0.15) is 0 Å². The van der Waals surface area contributed by atoms with Gasteiger partial charge in [-0.1, -0.05) is 146 Å². The molecule has 1 atom stereocenters. The molecule has 1 N–H and O–H groups in total. The van der Waals surface area contributed by atoms with E-state index in [9.17, 15) is 4.80 Å². The molecule has 31 heavy (non-hydrogen) atoms. The van der Waals surface area contributed by atoms with Crippen molar-refractivity contribution in [2.75, 3.05) is 0 Å². The van der Waals surface area contributed by atoms with Crippen molar-refractivity contribution in [2.45, 2.75) is 49.7 Å². The van der Waals surface area contributed by atoms with Crippen LogP contribution in [0.3, 0.4) is 0 Å². The molecule has 0 heterocycles. The number of rotatable bonds is 7. The van der Waals surface area contributed by atoms with Gasteiger partial charge in [0.05, 0.1) is 24.2 Å². The molecule has 3 aromatic carbocycles. The van der Waals surface area contributed by atoms with Gasteiger partial charge in [-0.25, -0.2) is 0 Å². The zero-order valence-electron chi connectivity index (χ0n) is 20.2. The van der Waals surface area contributed by atoms with E-state index in [-0.39, 0.29) is 3.91 Å². The van der Waals surface area contributed by atoms with Crippen LogP contribution in [0.1, 0.15) is 0 Å². The Balaban J connectivity index is 2.45. The lowest BCUT2D eigenvalue weighted by Gasteiger charge is -2.63. The first kappa shape index (κ1) is 24.1. The van der Waals surface area contributed by atoms with Gasteiger partial charge in [0, 0.05) is 0 Å². The number of benzene rings is 3. The molecule has 0 radical (unpaired) electrons. The zero-order valence-corrected chi connectivity index (χ0v) is 24.3. The minimum absolute atomic E-state index is 0.0110. The maximum atomic E-state index is 12.1. The van der Waals surface area contributed by atoms with Crippen LogP contribution in [0, 0.1) is 0 Å². The summed E-state index contributed by atoms with van der Waals surface area (Å²) in [5.41, 5.74) is 0. The maximum absolute atomic E-state index is 12.1. The maximum Gasteiger partial charge on any atom is 0.168 e. The van der Waals surface area contributed by atoms with Gasteiger partial charge < -0.3 is 4.80 Å². The van der Waals surface area contributed by atoms with Gasteiger partial charge in [0.1, 0.15) is 0 Å². The lowest BCUT2D eigenvalue weighted by atomic mass is 10.4. The van der Waals surface area contributed by atoms with Crippen molar-refractivity contribution in [3.8, 4) is 0 Å². The average molecular weight is 479 g/mol. The standard InChI is InChI=1S/C26H38OSi4/c1-28(27)26(29(2,3)23-17-11-8-12-18-23,30(4,5)24-19-13-9-14-20-24)31(6,7)25-21-15-10-16-22-25/h8-22,27-28H,1-7H3. The molecule has 0 saturated heterocycles. The molecule has 0 spiro atoms. The molecule has 0 aliphatic carbocycles. The van der Waals surface area contributed by atoms with E-state index in [0.717, 1.165) is 0 Å². The minimum atomic E-state index is -2.12. The third kappa shape index (κ3) is 3.70. The predicted octanol–water partition coefficient (Wildman–Crippen LogP) is 4.54. The summed E-state index contributed by atoms with van der Waals surface area (Å²) in [5.74, 6) is 0. The molecule has 0 aromatic heterocycles. The molecule has 1 nitrogen and oxygen atoms in total. The first-order chi connectivity index (χ1) is 14.5. The van der Waals surface area contributed by atoms with Crippen molar-refractivity contribution < 1.29 is 4.80 Å². The summed E-state index contributed by atoms with van der Waals surface area (Å²) in [6, 6.07) is 33.5. The zero-order chi connectivity index (χ0) is 22.9. The van der Waals surface area contributed by atoms with Crippen LogP contribution in [0.15, 0.2) is 91.0 Å². The summed E-state index contributed by atoms with van der Waals surface area (Å²) in [6.07, 6.45) is 0. The molecular formula is C26H38OSi4. The van der Waals surface area contributed by atoms with Crippen LogP contribution >= 0.6 is 0 Å². The molecule has 0 aliphatic heterocycles. The van der Waals surface area contributed by atoms with Crippen LogP contribution in [0.4, 0.5) is 0 Å². The summed E-state index contributed by atoms with van der Waals surface area (Å²) in [7, 11) is -8.49. The molecule has 0 bridgehead atoms. The third-order valence-corrected chi connectivity index (χ3v) is 42.1. The Morgan fingerprint density at radius 2 is 0.742 bits per heavy atom. The fraction of sp³-hybridized carbons (Fsp3) is 0.308. The van der Waals surface area contributed by atoms with Crippen molar-refractivity contribution in [1.29, 1.82) is 0 Å². The predicted molar refractivity (Wildman–Crippen MR) is 149 cm³/mol. The molecule has 0 amide bonds.